The molecule has 0 aromatic heterocycles. The van der Waals surface area contributed by atoms with E-state index in [4.69, 9.17) is 16.3 Å². The van der Waals surface area contributed by atoms with Crippen molar-refractivity contribution in [1.82, 2.24) is 0 Å². The van der Waals surface area contributed by atoms with Crippen molar-refractivity contribution in [3.63, 3.8) is 0 Å². The molecule has 0 aliphatic heterocycles. The molecule has 0 saturated heterocycles. The zero-order chi connectivity index (χ0) is 9.68. The van der Waals surface area contributed by atoms with Gasteiger partial charge >= 0.3 is 5.97 Å². The van der Waals surface area contributed by atoms with E-state index in [2.05, 4.69) is 4.74 Å². The van der Waals surface area contributed by atoms with Gasteiger partial charge in [-0.05, 0) is 24.3 Å². The summed E-state index contributed by atoms with van der Waals surface area (Å²) in [5, 5.41) is 0.630. The molecule has 0 saturated carbocycles. The summed E-state index contributed by atoms with van der Waals surface area (Å²) >= 11 is 5.65. The molecule has 0 spiro atoms. The Kier molecular flexibility index (Phi) is 3.58. The molecule has 1 aromatic rings. The van der Waals surface area contributed by atoms with E-state index < -0.39 is 5.97 Å². The minimum Gasteiger partial charge on any atom is -0.482 e. The Hall–Kier alpha value is -1.22. The molecule has 3 nitrogen and oxygen atoms in total. The highest BCUT2D eigenvalue weighted by atomic mass is 35.5. The largest absolute Gasteiger partial charge is 0.482 e. The van der Waals surface area contributed by atoms with Crippen LogP contribution in [-0.2, 0) is 9.53 Å². The zero-order valence-electron chi connectivity index (χ0n) is 7.12. The highest BCUT2D eigenvalue weighted by molar-refractivity contribution is 6.30. The van der Waals surface area contributed by atoms with Gasteiger partial charge in [0.1, 0.15) is 5.75 Å². The monoisotopic (exact) mass is 200 g/mol. The van der Waals surface area contributed by atoms with Gasteiger partial charge in [-0.1, -0.05) is 11.6 Å². The molecule has 0 heterocycles. The molecule has 1 rings (SSSR count). The van der Waals surface area contributed by atoms with Crippen LogP contribution in [-0.4, -0.2) is 19.7 Å². The summed E-state index contributed by atoms with van der Waals surface area (Å²) in [6.07, 6.45) is 0. The van der Waals surface area contributed by atoms with Crippen molar-refractivity contribution in [3.05, 3.63) is 29.3 Å². The maximum atomic E-state index is 10.7. The molecule has 0 radical (unpaired) electrons. The van der Waals surface area contributed by atoms with Gasteiger partial charge in [0.05, 0.1) is 7.11 Å². The van der Waals surface area contributed by atoms with Crippen molar-refractivity contribution in [3.8, 4) is 5.75 Å². The first-order valence-corrected chi connectivity index (χ1v) is 4.05. The third-order valence-electron chi connectivity index (χ3n) is 1.40. The smallest absolute Gasteiger partial charge is 0.343 e. The van der Waals surface area contributed by atoms with E-state index in [9.17, 15) is 4.79 Å². The predicted molar refractivity (Wildman–Crippen MR) is 49.0 cm³/mol. The number of hydrogen-bond donors (Lipinski definition) is 0. The summed E-state index contributed by atoms with van der Waals surface area (Å²) in [4.78, 5) is 10.7. The molecule has 4 heteroatoms. The fourth-order valence-corrected chi connectivity index (χ4v) is 0.858. The van der Waals surface area contributed by atoms with Crippen molar-refractivity contribution in [1.29, 1.82) is 0 Å². The van der Waals surface area contributed by atoms with E-state index in [0.717, 1.165) is 0 Å². The first-order valence-electron chi connectivity index (χ1n) is 3.67. The van der Waals surface area contributed by atoms with Gasteiger partial charge in [-0.15, -0.1) is 0 Å². The first-order chi connectivity index (χ1) is 6.22. The lowest BCUT2D eigenvalue weighted by Crippen LogP contribution is -2.12. The third kappa shape index (κ3) is 3.34. The first kappa shape index (κ1) is 9.86. The molecule has 13 heavy (non-hydrogen) atoms. The molecule has 0 N–H and O–H groups in total. The van der Waals surface area contributed by atoms with Crippen molar-refractivity contribution < 1.29 is 14.3 Å². The fourth-order valence-electron chi connectivity index (χ4n) is 0.732. The van der Waals surface area contributed by atoms with Crippen LogP contribution in [0.4, 0.5) is 0 Å². The molecule has 70 valence electrons. The Labute approximate surface area is 81.2 Å². The third-order valence-corrected chi connectivity index (χ3v) is 1.65. The standard InChI is InChI=1S/C9H9ClO3/c1-12-9(11)6-13-8-4-2-7(10)3-5-8/h2-5H,6H2,1H3. The van der Waals surface area contributed by atoms with Crippen LogP contribution in [0.1, 0.15) is 0 Å². The number of esters is 1. The van der Waals surface area contributed by atoms with Gasteiger partial charge < -0.3 is 9.47 Å². The summed E-state index contributed by atoms with van der Waals surface area (Å²) < 4.78 is 9.49. The lowest BCUT2D eigenvalue weighted by atomic mass is 10.3. The van der Waals surface area contributed by atoms with E-state index in [-0.39, 0.29) is 6.61 Å². The molecule has 0 atom stereocenters. The molecule has 0 unspecified atom stereocenters. The Morgan fingerprint density at radius 1 is 1.38 bits per heavy atom. The lowest BCUT2D eigenvalue weighted by Gasteiger charge is -2.03. The van der Waals surface area contributed by atoms with Crippen LogP contribution < -0.4 is 4.74 Å². The molecule has 0 amide bonds. The maximum Gasteiger partial charge on any atom is 0.343 e. The predicted octanol–water partition coefficient (Wildman–Crippen LogP) is 1.89. The van der Waals surface area contributed by atoms with E-state index >= 15 is 0 Å². The van der Waals surface area contributed by atoms with Crippen LogP contribution in [0, 0.1) is 0 Å². The van der Waals surface area contributed by atoms with Crippen LogP contribution >= 0.6 is 11.6 Å². The summed E-state index contributed by atoms with van der Waals surface area (Å²) in [7, 11) is 1.31. The second kappa shape index (κ2) is 4.72. The van der Waals surface area contributed by atoms with E-state index in [1.54, 1.807) is 24.3 Å². The van der Waals surface area contributed by atoms with Gasteiger partial charge in [0.15, 0.2) is 6.61 Å². The maximum absolute atomic E-state index is 10.7. The number of rotatable bonds is 3. The van der Waals surface area contributed by atoms with Crippen molar-refractivity contribution in [2.24, 2.45) is 0 Å². The zero-order valence-corrected chi connectivity index (χ0v) is 7.88. The fraction of sp³-hybridized carbons (Fsp3) is 0.222. The van der Waals surface area contributed by atoms with Gasteiger partial charge in [0.2, 0.25) is 0 Å². The van der Waals surface area contributed by atoms with Crippen molar-refractivity contribution in [2.45, 2.75) is 0 Å². The van der Waals surface area contributed by atoms with E-state index in [1.165, 1.54) is 7.11 Å². The Morgan fingerprint density at radius 3 is 2.54 bits per heavy atom. The summed E-state index contributed by atoms with van der Waals surface area (Å²) in [5.41, 5.74) is 0. The van der Waals surface area contributed by atoms with Gasteiger partial charge in [0, 0.05) is 5.02 Å². The molecule has 0 aliphatic carbocycles. The average Bonchev–Trinajstić information content (AvgIpc) is 2.16. The minimum absolute atomic E-state index is 0.0852. The molecule has 1 aromatic carbocycles. The quantitative estimate of drug-likeness (QED) is 0.699. The molecule has 0 fully saturated rings. The molecular formula is C9H9ClO3. The number of ether oxygens (including phenoxy) is 2. The highest BCUT2D eigenvalue weighted by Gasteiger charge is 2.00. The highest BCUT2D eigenvalue weighted by Crippen LogP contribution is 2.15. The SMILES string of the molecule is COC(=O)COc1ccc(Cl)cc1. The number of hydrogen-bond acceptors (Lipinski definition) is 3. The van der Waals surface area contributed by atoms with Crippen LogP contribution in [0.25, 0.3) is 0 Å². The van der Waals surface area contributed by atoms with Crippen molar-refractivity contribution >= 4 is 17.6 Å². The number of halogens is 1. The Bertz CT molecular complexity index is 281. The van der Waals surface area contributed by atoms with Gasteiger partial charge in [-0.2, -0.15) is 0 Å². The molecule has 0 bridgehead atoms. The second-order valence-corrected chi connectivity index (χ2v) is 2.76. The van der Waals surface area contributed by atoms with Crippen LogP contribution in [0.15, 0.2) is 24.3 Å². The Morgan fingerprint density at radius 2 is 2.00 bits per heavy atom. The van der Waals surface area contributed by atoms with Crippen molar-refractivity contribution in [2.75, 3.05) is 13.7 Å². The Balaban J connectivity index is 2.46. The number of carbonyl (C=O) groups excluding carboxylic acids is 1. The van der Waals surface area contributed by atoms with Crippen LogP contribution in [0.3, 0.4) is 0 Å². The number of benzene rings is 1. The topological polar surface area (TPSA) is 35.5 Å². The summed E-state index contributed by atoms with van der Waals surface area (Å²) in [5.74, 6) is 0.185. The van der Waals surface area contributed by atoms with Crippen LogP contribution in [0.2, 0.25) is 5.02 Å². The molecular weight excluding hydrogens is 192 g/mol. The minimum atomic E-state index is -0.407. The van der Waals surface area contributed by atoms with E-state index in [0.29, 0.717) is 10.8 Å². The average molecular weight is 201 g/mol. The normalized spacial score (nSPS) is 9.38. The molecule has 0 aliphatic rings. The lowest BCUT2D eigenvalue weighted by molar-refractivity contribution is -0.142. The van der Waals surface area contributed by atoms with Gasteiger partial charge in [-0.25, -0.2) is 4.79 Å². The number of carbonyl (C=O) groups is 1. The number of methoxy groups -OCH3 is 1. The van der Waals surface area contributed by atoms with Gasteiger partial charge in [0.25, 0.3) is 0 Å². The summed E-state index contributed by atoms with van der Waals surface area (Å²) in [6, 6.07) is 6.75. The van der Waals surface area contributed by atoms with Crippen LogP contribution in [0.5, 0.6) is 5.75 Å². The summed E-state index contributed by atoms with van der Waals surface area (Å²) in [6.45, 7) is -0.0852. The van der Waals surface area contributed by atoms with Gasteiger partial charge in [-0.3, -0.25) is 0 Å². The van der Waals surface area contributed by atoms with E-state index in [1.807, 2.05) is 0 Å². The second-order valence-electron chi connectivity index (χ2n) is 2.32.